The second kappa shape index (κ2) is 34.5. The number of aryl methyl sites for hydroxylation is 5. The highest BCUT2D eigenvalue weighted by atomic mass is 14.5. The van der Waals surface area contributed by atoms with Crippen LogP contribution in [0.15, 0.2) is 510 Å². The van der Waals surface area contributed by atoms with Gasteiger partial charge in [-0.05, 0) is 225 Å². The van der Waals surface area contributed by atoms with Crippen LogP contribution >= 0.6 is 0 Å². The fraction of sp³-hybridized carbons (Fsp3) is 0.0840. The average molecular weight is 1680 g/mol. The van der Waals surface area contributed by atoms with Gasteiger partial charge < -0.3 is 0 Å². The Morgan fingerprint density at radius 2 is 0.382 bits per heavy atom. The minimum atomic E-state index is -0.340. The van der Waals surface area contributed by atoms with E-state index < -0.39 is 0 Å². The molecule has 626 valence electrons. The van der Waals surface area contributed by atoms with Crippen molar-refractivity contribution in [2.45, 2.75) is 68.6 Å². The molecular formula is C131H102. The standard InChI is InChI=1S/C32H24.3C26H20.C21H18/c1-23-13-8-9-18-26(23)27-20-12-22-30-31(27)28-19-10-11-21-29(28)32(30,24-14-4-2-5-15-24)25-16-6-3-7-17-25;1-19-11-5-8-16-23(19)26(20-12-3-2-4-13-20)24-17-9-6-14-21(24)22-15-7-10-18-25(22)26;1-19-10-9-13-21(18-19)26(20-11-3-2-4-12-20)24-16-7-5-14-22(24)23-15-6-8-17-25(23)26;1-19-15-17-21(18-16-19)26(20-9-3-2-4-10-20)24-13-7-5-11-22(24)23-12-6-8-14-25(23)26;1-15-12-13-18-17-10-6-7-11-19(17)21(2,20(18)14-15)16-8-4-3-5-9-16/h2-22H,1H3;3*2-18H,1H3;3-14H,1-2H3. The van der Waals surface area contributed by atoms with Crippen LogP contribution in [0.3, 0.4) is 0 Å². The normalized spacial score (nSPS) is 14.6. The molecule has 0 saturated heterocycles. The first-order valence-electron chi connectivity index (χ1n) is 46.1. The van der Waals surface area contributed by atoms with Gasteiger partial charge >= 0.3 is 0 Å². The molecule has 25 rings (SSSR count). The van der Waals surface area contributed by atoms with Crippen molar-refractivity contribution < 1.29 is 0 Å². The van der Waals surface area contributed by atoms with E-state index in [-0.39, 0.29) is 27.1 Å². The van der Waals surface area contributed by atoms with Crippen LogP contribution in [0.25, 0.3) is 66.8 Å². The quantitative estimate of drug-likeness (QED) is 0.128. The molecule has 131 heavy (non-hydrogen) atoms. The molecular weight excluding hydrogens is 1570 g/mol. The lowest BCUT2D eigenvalue weighted by Crippen LogP contribution is -2.29. The summed E-state index contributed by atoms with van der Waals surface area (Å²) in [4.78, 5) is 0. The zero-order chi connectivity index (χ0) is 88.7. The third-order valence-electron chi connectivity index (χ3n) is 28.7. The summed E-state index contributed by atoms with van der Waals surface area (Å²) in [5.74, 6) is 0. The van der Waals surface area contributed by atoms with Crippen LogP contribution in [-0.2, 0) is 27.1 Å². The predicted molar refractivity (Wildman–Crippen MR) is 548 cm³/mol. The van der Waals surface area contributed by atoms with Gasteiger partial charge in [0.15, 0.2) is 0 Å². The summed E-state index contributed by atoms with van der Waals surface area (Å²) in [5.41, 5.74) is 47.2. The number of hydrogen-bond donors (Lipinski definition) is 0. The van der Waals surface area contributed by atoms with Crippen molar-refractivity contribution in [3.05, 3.63) is 643 Å². The summed E-state index contributed by atoms with van der Waals surface area (Å²) in [6, 6.07) is 186. The second-order valence-electron chi connectivity index (χ2n) is 35.8. The molecule has 5 aliphatic carbocycles. The zero-order valence-corrected chi connectivity index (χ0v) is 75.0. The predicted octanol–water partition coefficient (Wildman–Crippen LogP) is 32.4. The molecule has 5 aliphatic rings. The Balaban J connectivity index is 0.0000000995. The lowest BCUT2D eigenvalue weighted by Gasteiger charge is -2.35. The van der Waals surface area contributed by atoms with Crippen molar-refractivity contribution in [1.29, 1.82) is 0 Å². The second-order valence-corrected chi connectivity index (χ2v) is 35.8. The van der Waals surface area contributed by atoms with E-state index in [1.165, 1.54) is 200 Å². The minimum absolute atomic E-state index is 0.0563. The molecule has 0 spiro atoms. The van der Waals surface area contributed by atoms with Gasteiger partial charge in [0.25, 0.3) is 0 Å². The Morgan fingerprint density at radius 1 is 0.130 bits per heavy atom. The Morgan fingerprint density at radius 3 is 0.786 bits per heavy atom. The molecule has 0 aliphatic heterocycles. The first-order valence-corrected chi connectivity index (χ1v) is 46.1. The Bertz CT molecular complexity index is 7390. The maximum Gasteiger partial charge on any atom is 0.0716 e. The lowest BCUT2D eigenvalue weighted by atomic mass is 9.66. The molecule has 0 nitrogen and oxygen atoms in total. The van der Waals surface area contributed by atoms with Gasteiger partial charge in [0.05, 0.1) is 21.7 Å². The van der Waals surface area contributed by atoms with E-state index in [0.717, 1.165) is 0 Å². The monoisotopic (exact) mass is 1670 g/mol. The average Bonchev–Trinajstić information content (AvgIpc) is 1.53. The molecule has 1 atom stereocenters. The van der Waals surface area contributed by atoms with Crippen LogP contribution in [0.2, 0.25) is 0 Å². The summed E-state index contributed by atoms with van der Waals surface area (Å²) < 4.78 is 0. The molecule has 0 fully saturated rings. The molecule has 0 aromatic heterocycles. The molecule has 20 aromatic carbocycles. The minimum Gasteiger partial charge on any atom is -0.0622 e. The summed E-state index contributed by atoms with van der Waals surface area (Å²) >= 11 is 0. The SMILES string of the molecule is Cc1ccc(C2(c3ccccc3)c3ccccc3-c3ccccc32)cc1.Cc1ccc2c(c1)C(C)(c1ccccc1)c1ccccc1-2.Cc1cccc(C2(c3ccccc3)c3ccccc3-c3ccccc32)c1.Cc1ccccc1-c1cccc2c1-c1ccccc1C2(c1ccccc1)c1ccccc1.Cc1ccccc1C1(c2ccccc2)c2ccccc2-c2ccccc21. The third-order valence-corrected chi connectivity index (χ3v) is 28.7. The van der Waals surface area contributed by atoms with Crippen molar-refractivity contribution in [3.63, 3.8) is 0 Å². The van der Waals surface area contributed by atoms with Crippen molar-refractivity contribution in [3.8, 4) is 66.8 Å². The highest BCUT2D eigenvalue weighted by Gasteiger charge is 2.51. The number of fused-ring (bicyclic) bond motifs is 15. The molecule has 0 heterocycles. The molecule has 0 N–H and O–H groups in total. The van der Waals surface area contributed by atoms with Gasteiger partial charge in [0.1, 0.15) is 0 Å². The number of rotatable bonds is 10. The Kier molecular flexibility index (Phi) is 21.7. The fourth-order valence-corrected chi connectivity index (χ4v) is 23.1. The summed E-state index contributed by atoms with van der Waals surface area (Å²) in [6.07, 6.45) is 0. The number of benzene rings is 20. The summed E-state index contributed by atoms with van der Waals surface area (Å²) in [5, 5.41) is 0. The van der Waals surface area contributed by atoms with E-state index in [1.54, 1.807) is 0 Å². The van der Waals surface area contributed by atoms with E-state index >= 15 is 0 Å². The molecule has 0 heteroatoms. The Hall–Kier alpha value is -15.6. The molecule has 1 unspecified atom stereocenters. The van der Waals surface area contributed by atoms with Crippen LogP contribution in [0.4, 0.5) is 0 Å². The van der Waals surface area contributed by atoms with Gasteiger partial charge in [0, 0.05) is 5.41 Å². The first kappa shape index (κ1) is 82.4. The fourth-order valence-electron chi connectivity index (χ4n) is 23.1. The van der Waals surface area contributed by atoms with Crippen molar-refractivity contribution >= 4 is 0 Å². The largest absolute Gasteiger partial charge is 0.0716 e. The van der Waals surface area contributed by atoms with Gasteiger partial charge in [-0.1, -0.05) is 526 Å². The zero-order valence-electron chi connectivity index (χ0n) is 75.0. The van der Waals surface area contributed by atoms with E-state index in [0.29, 0.717) is 0 Å². The van der Waals surface area contributed by atoms with Crippen molar-refractivity contribution in [1.82, 2.24) is 0 Å². The van der Waals surface area contributed by atoms with E-state index in [1.807, 2.05) is 0 Å². The topological polar surface area (TPSA) is 0 Å². The lowest BCUT2D eigenvalue weighted by molar-refractivity contribution is 0.713. The van der Waals surface area contributed by atoms with E-state index in [2.05, 4.69) is 551 Å². The smallest absolute Gasteiger partial charge is 0.0622 e. The molecule has 20 aromatic rings. The van der Waals surface area contributed by atoms with Gasteiger partial charge in [0.2, 0.25) is 0 Å². The first-order chi connectivity index (χ1) is 64.5. The summed E-state index contributed by atoms with van der Waals surface area (Å²) in [6.45, 7) is 13.3. The van der Waals surface area contributed by atoms with Crippen molar-refractivity contribution in [2.24, 2.45) is 0 Å². The van der Waals surface area contributed by atoms with Gasteiger partial charge in [-0.3, -0.25) is 0 Å². The van der Waals surface area contributed by atoms with Crippen LogP contribution in [0.5, 0.6) is 0 Å². The van der Waals surface area contributed by atoms with E-state index in [4.69, 9.17) is 0 Å². The van der Waals surface area contributed by atoms with Crippen molar-refractivity contribution in [2.75, 3.05) is 0 Å². The molecule has 0 amide bonds. The highest BCUT2D eigenvalue weighted by molar-refractivity contribution is 5.97. The Labute approximate surface area is 773 Å². The van der Waals surface area contributed by atoms with Crippen LogP contribution < -0.4 is 0 Å². The molecule has 0 radical (unpaired) electrons. The summed E-state index contributed by atoms with van der Waals surface area (Å²) in [7, 11) is 0. The maximum absolute atomic E-state index is 2.35. The maximum atomic E-state index is 2.35. The van der Waals surface area contributed by atoms with Gasteiger partial charge in [-0.25, -0.2) is 0 Å². The van der Waals surface area contributed by atoms with Crippen LogP contribution in [0.1, 0.15) is 140 Å². The van der Waals surface area contributed by atoms with Crippen LogP contribution in [-0.4, -0.2) is 0 Å². The van der Waals surface area contributed by atoms with E-state index in [9.17, 15) is 0 Å². The highest BCUT2D eigenvalue weighted by Crippen LogP contribution is 2.62. The molecule has 0 saturated carbocycles. The number of hydrogen-bond acceptors (Lipinski definition) is 0. The van der Waals surface area contributed by atoms with Gasteiger partial charge in [-0.2, -0.15) is 0 Å². The molecule has 0 bridgehead atoms. The van der Waals surface area contributed by atoms with Gasteiger partial charge in [-0.15, -0.1) is 0 Å². The third kappa shape index (κ3) is 13.5. The van der Waals surface area contributed by atoms with Crippen LogP contribution in [0, 0.1) is 34.6 Å².